The van der Waals surface area contributed by atoms with Crippen LogP contribution in [0.25, 0.3) is 0 Å². The van der Waals surface area contributed by atoms with Crippen LogP contribution in [0, 0.1) is 13.8 Å². The van der Waals surface area contributed by atoms with Gasteiger partial charge in [-0.05, 0) is 74.2 Å². The van der Waals surface area contributed by atoms with Gasteiger partial charge in [-0.25, -0.2) is 4.57 Å². The summed E-state index contributed by atoms with van der Waals surface area (Å²) in [5.41, 5.74) is 3.80. The maximum absolute atomic E-state index is 13.8. The van der Waals surface area contributed by atoms with Crippen LogP contribution in [0.5, 0.6) is 0 Å². The number of nitrogens with zero attached hydrogens (tertiary/aromatic N) is 1. The van der Waals surface area contributed by atoms with Crippen molar-refractivity contribution in [2.75, 3.05) is 16.8 Å². The van der Waals surface area contributed by atoms with Gasteiger partial charge >= 0.3 is 7.82 Å². The van der Waals surface area contributed by atoms with E-state index in [0.717, 1.165) is 5.56 Å². The van der Waals surface area contributed by atoms with Gasteiger partial charge in [0, 0.05) is 39.6 Å². The third-order valence-corrected chi connectivity index (χ3v) is 6.95. The molecule has 0 radical (unpaired) electrons. The fourth-order valence-corrected chi connectivity index (χ4v) is 5.12. The number of anilines is 2. The summed E-state index contributed by atoms with van der Waals surface area (Å²) in [6.45, 7) is 3.93. The molecule has 3 aromatic rings. The van der Waals surface area contributed by atoms with Crippen LogP contribution in [0.1, 0.15) is 56.4 Å². The van der Waals surface area contributed by atoms with Crippen molar-refractivity contribution in [1.29, 1.82) is 0 Å². The second kappa shape index (κ2) is 10.5. The van der Waals surface area contributed by atoms with Gasteiger partial charge < -0.3 is 20.0 Å². The van der Waals surface area contributed by atoms with Crippen molar-refractivity contribution in [3.8, 4) is 0 Å². The molecule has 1 aliphatic heterocycles. The van der Waals surface area contributed by atoms with Crippen LogP contribution in [0.4, 0.5) is 11.4 Å². The number of carbonyl (C=O) groups excluding carboxylic acids is 2. The summed E-state index contributed by atoms with van der Waals surface area (Å²) in [4.78, 5) is 47.0. The van der Waals surface area contributed by atoms with Gasteiger partial charge in [0.1, 0.15) is 0 Å². The average molecular weight is 529 g/mol. The smallest absolute Gasteiger partial charge is 0.322 e. The maximum Gasteiger partial charge on any atom is 0.470 e. The third kappa shape index (κ3) is 5.69. The van der Waals surface area contributed by atoms with E-state index >= 15 is 0 Å². The average Bonchev–Trinajstić information content (AvgIpc) is 2.98. The van der Waals surface area contributed by atoms with Crippen molar-refractivity contribution < 1.29 is 28.5 Å². The van der Waals surface area contributed by atoms with Crippen LogP contribution >= 0.6 is 19.4 Å². The Labute approximate surface area is 214 Å². The monoisotopic (exact) mass is 528 g/mol. The second-order valence-corrected chi connectivity index (χ2v) is 10.3. The molecule has 3 N–H and O–H groups in total. The number of phosphoric ester groups is 1. The highest BCUT2D eigenvalue weighted by Gasteiger charge is 2.32. The van der Waals surface area contributed by atoms with Gasteiger partial charge in [-0.2, -0.15) is 0 Å². The van der Waals surface area contributed by atoms with Gasteiger partial charge in [0.2, 0.25) is 0 Å². The number of halogens is 1. The third-order valence-electron chi connectivity index (χ3n) is 6.19. The van der Waals surface area contributed by atoms with Gasteiger partial charge in [0.25, 0.3) is 11.8 Å². The highest BCUT2D eigenvalue weighted by molar-refractivity contribution is 7.46. The van der Waals surface area contributed by atoms with E-state index in [-0.39, 0.29) is 11.8 Å². The van der Waals surface area contributed by atoms with E-state index in [1.54, 1.807) is 60.4 Å². The molecule has 2 amide bonds. The predicted octanol–water partition coefficient (Wildman–Crippen LogP) is 5.80. The molecule has 0 aliphatic carbocycles. The number of fused-ring (bicyclic) bond motifs is 1. The van der Waals surface area contributed by atoms with Gasteiger partial charge in [-0.1, -0.05) is 35.9 Å². The molecular formula is C26H26ClN2O6P. The highest BCUT2D eigenvalue weighted by Crippen LogP contribution is 2.47. The minimum absolute atomic E-state index is 0.270. The Morgan fingerprint density at radius 1 is 1.06 bits per heavy atom. The molecule has 0 bridgehead atoms. The van der Waals surface area contributed by atoms with E-state index in [0.29, 0.717) is 58.0 Å². The summed E-state index contributed by atoms with van der Waals surface area (Å²) in [7, 11) is -4.77. The Bertz CT molecular complexity index is 1370. The lowest BCUT2D eigenvalue weighted by molar-refractivity contribution is 0.0982. The van der Waals surface area contributed by atoms with Crippen molar-refractivity contribution >= 4 is 42.6 Å². The number of nitrogens with one attached hydrogen (secondary N) is 1. The minimum Gasteiger partial charge on any atom is -0.322 e. The van der Waals surface area contributed by atoms with Gasteiger partial charge in [-0.15, -0.1) is 0 Å². The fourth-order valence-electron chi connectivity index (χ4n) is 4.39. The minimum atomic E-state index is -4.77. The number of rotatable bonds is 5. The molecule has 3 aromatic carbocycles. The van der Waals surface area contributed by atoms with Crippen LogP contribution < -0.4 is 10.2 Å². The summed E-state index contributed by atoms with van der Waals surface area (Å²) < 4.78 is 16.6. The molecule has 1 heterocycles. The van der Waals surface area contributed by atoms with E-state index in [1.165, 1.54) is 0 Å². The number of phosphoric acid groups is 1. The number of hydrogen-bond donors (Lipinski definition) is 3. The Morgan fingerprint density at radius 2 is 1.78 bits per heavy atom. The lowest BCUT2D eigenvalue weighted by atomic mass is 10.0. The molecule has 4 rings (SSSR count). The summed E-state index contributed by atoms with van der Waals surface area (Å²) in [5.74, 6) is -0.576. The Kier molecular flexibility index (Phi) is 7.64. The molecule has 10 heteroatoms. The first-order valence-corrected chi connectivity index (χ1v) is 13.3. The van der Waals surface area contributed by atoms with Crippen molar-refractivity contribution in [1.82, 2.24) is 0 Å². The highest BCUT2D eigenvalue weighted by atomic mass is 35.5. The number of carbonyl (C=O) groups is 2. The molecule has 0 spiro atoms. The van der Waals surface area contributed by atoms with Crippen molar-refractivity contribution in [2.45, 2.75) is 32.8 Å². The Hall–Kier alpha value is -3.00. The molecule has 0 saturated heterocycles. The first-order valence-electron chi connectivity index (χ1n) is 11.4. The zero-order valence-corrected chi connectivity index (χ0v) is 21.4. The quantitative estimate of drug-likeness (QED) is 0.360. The maximum atomic E-state index is 13.8. The van der Waals surface area contributed by atoms with Crippen LogP contribution in [0.15, 0.2) is 60.7 Å². The standard InChI is InChI=1S/C26H26ClN2O6P/c1-16-7-3-4-8-19(16)25(30)28-22-10-5-9-20(17(22)2)26(31)29-14-6-11-24(35-36(32,33)34)21-15-18(27)12-13-23(21)29/h3-5,7-10,12-13,15,24H,6,11,14H2,1-2H3,(H,28,30)(H2,32,33,34). The molecule has 1 aliphatic rings. The number of aryl methyl sites for hydroxylation is 1. The van der Waals surface area contributed by atoms with Crippen LogP contribution in [-0.4, -0.2) is 28.1 Å². The van der Waals surface area contributed by atoms with E-state index in [2.05, 4.69) is 5.32 Å². The summed E-state index contributed by atoms with van der Waals surface area (Å²) in [6, 6.07) is 17.2. The molecule has 8 nitrogen and oxygen atoms in total. The Balaban J connectivity index is 1.67. The van der Waals surface area contributed by atoms with Crippen LogP contribution in [-0.2, 0) is 9.09 Å². The normalized spacial score (nSPS) is 15.7. The SMILES string of the molecule is Cc1ccccc1C(=O)Nc1cccc(C(=O)N2CCCC(OP(=O)(O)O)c3cc(Cl)ccc32)c1C. The zero-order valence-electron chi connectivity index (χ0n) is 19.8. The van der Waals surface area contributed by atoms with E-state index < -0.39 is 13.9 Å². The van der Waals surface area contributed by atoms with Gasteiger partial charge in [0.15, 0.2) is 0 Å². The number of benzene rings is 3. The molecule has 0 fully saturated rings. The summed E-state index contributed by atoms with van der Waals surface area (Å²) in [6.07, 6.45) is -0.169. The lowest BCUT2D eigenvalue weighted by Gasteiger charge is -2.25. The summed E-state index contributed by atoms with van der Waals surface area (Å²) in [5, 5.41) is 3.26. The predicted molar refractivity (Wildman–Crippen MR) is 139 cm³/mol. The van der Waals surface area contributed by atoms with E-state index in [1.807, 2.05) is 19.1 Å². The van der Waals surface area contributed by atoms with Crippen LogP contribution in [0.3, 0.4) is 0 Å². The van der Waals surface area contributed by atoms with E-state index in [9.17, 15) is 23.9 Å². The van der Waals surface area contributed by atoms with Crippen LogP contribution in [0.2, 0.25) is 5.02 Å². The van der Waals surface area contributed by atoms with Gasteiger partial charge in [-0.3, -0.25) is 14.1 Å². The van der Waals surface area contributed by atoms with Crippen molar-refractivity contribution in [3.63, 3.8) is 0 Å². The topological polar surface area (TPSA) is 116 Å². The number of hydrogen-bond acceptors (Lipinski definition) is 4. The first-order chi connectivity index (χ1) is 17.0. The number of amides is 2. The van der Waals surface area contributed by atoms with Gasteiger partial charge in [0.05, 0.1) is 6.10 Å². The first kappa shape index (κ1) is 26.1. The van der Waals surface area contributed by atoms with E-state index in [4.69, 9.17) is 16.1 Å². The van der Waals surface area contributed by atoms with Crippen molar-refractivity contribution in [2.24, 2.45) is 0 Å². The Morgan fingerprint density at radius 3 is 2.50 bits per heavy atom. The largest absolute Gasteiger partial charge is 0.470 e. The molecule has 0 saturated carbocycles. The molecule has 0 aromatic heterocycles. The molecular weight excluding hydrogens is 503 g/mol. The fraction of sp³-hybridized carbons (Fsp3) is 0.231. The molecule has 1 unspecified atom stereocenters. The summed E-state index contributed by atoms with van der Waals surface area (Å²) >= 11 is 6.17. The molecule has 188 valence electrons. The second-order valence-electron chi connectivity index (χ2n) is 8.63. The molecule has 1 atom stereocenters. The lowest BCUT2D eigenvalue weighted by Crippen LogP contribution is -2.32. The zero-order chi connectivity index (χ0) is 26.0. The van der Waals surface area contributed by atoms with Crippen molar-refractivity contribution in [3.05, 3.63) is 93.5 Å². The molecule has 36 heavy (non-hydrogen) atoms.